The number of rotatable bonds is 6. The molecule has 0 aliphatic heterocycles. The average Bonchev–Trinajstić information content (AvgIpc) is 2.66. The second kappa shape index (κ2) is 6.34. The zero-order valence-electron chi connectivity index (χ0n) is 11.4. The van der Waals surface area contributed by atoms with Gasteiger partial charge in [-0.1, -0.05) is 6.58 Å². The van der Waals surface area contributed by atoms with E-state index in [1.165, 1.54) is 11.1 Å². The van der Waals surface area contributed by atoms with Crippen LogP contribution in [0, 0.1) is 0 Å². The molecular formula is C14H24N2S. The van der Waals surface area contributed by atoms with Gasteiger partial charge < -0.3 is 5.32 Å². The van der Waals surface area contributed by atoms with Crippen molar-refractivity contribution in [1.29, 1.82) is 0 Å². The van der Waals surface area contributed by atoms with Gasteiger partial charge in [0.2, 0.25) is 0 Å². The Morgan fingerprint density at radius 3 is 2.71 bits per heavy atom. The topological polar surface area (TPSA) is 15.3 Å². The molecule has 0 saturated heterocycles. The van der Waals surface area contributed by atoms with E-state index in [0.29, 0.717) is 0 Å². The molecule has 0 unspecified atom stereocenters. The zero-order chi connectivity index (χ0) is 12.9. The Morgan fingerprint density at radius 1 is 1.47 bits per heavy atom. The molecule has 0 aliphatic carbocycles. The van der Waals surface area contributed by atoms with Gasteiger partial charge in [-0.05, 0) is 55.8 Å². The maximum absolute atomic E-state index is 4.13. The van der Waals surface area contributed by atoms with Gasteiger partial charge >= 0.3 is 0 Å². The van der Waals surface area contributed by atoms with Gasteiger partial charge in [0, 0.05) is 25.2 Å². The average molecular weight is 252 g/mol. The molecule has 0 saturated carbocycles. The fourth-order valence-electron chi connectivity index (χ4n) is 1.58. The first-order valence-electron chi connectivity index (χ1n) is 5.98. The van der Waals surface area contributed by atoms with Crippen LogP contribution in [-0.4, -0.2) is 30.6 Å². The van der Waals surface area contributed by atoms with Crippen molar-refractivity contribution in [2.45, 2.75) is 32.9 Å². The predicted molar refractivity (Wildman–Crippen MR) is 77.5 cm³/mol. The molecule has 0 aliphatic rings. The van der Waals surface area contributed by atoms with Crippen LogP contribution in [0.2, 0.25) is 0 Å². The van der Waals surface area contributed by atoms with Crippen LogP contribution < -0.4 is 5.32 Å². The SMILES string of the molecule is C=C(CNC(C)(C)C)CN(C)Cc1ccsc1. The normalized spacial score (nSPS) is 12.1. The van der Waals surface area contributed by atoms with Crippen LogP contribution in [0.5, 0.6) is 0 Å². The Hall–Kier alpha value is -0.640. The van der Waals surface area contributed by atoms with Gasteiger partial charge in [-0.2, -0.15) is 11.3 Å². The largest absolute Gasteiger partial charge is 0.308 e. The van der Waals surface area contributed by atoms with E-state index in [0.717, 1.165) is 19.6 Å². The number of hydrogen-bond acceptors (Lipinski definition) is 3. The molecule has 1 aromatic heterocycles. The third-order valence-corrected chi connectivity index (χ3v) is 3.13. The highest BCUT2D eigenvalue weighted by Crippen LogP contribution is 2.09. The lowest BCUT2D eigenvalue weighted by Gasteiger charge is -2.23. The number of nitrogens with zero attached hydrogens (tertiary/aromatic N) is 1. The summed E-state index contributed by atoms with van der Waals surface area (Å²) in [6.45, 7) is 13.5. The van der Waals surface area contributed by atoms with Crippen molar-refractivity contribution < 1.29 is 0 Å². The quantitative estimate of drug-likeness (QED) is 0.783. The van der Waals surface area contributed by atoms with Crippen molar-refractivity contribution >= 4 is 11.3 Å². The summed E-state index contributed by atoms with van der Waals surface area (Å²) >= 11 is 1.75. The van der Waals surface area contributed by atoms with Gasteiger partial charge in [-0.25, -0.2) is 0 Å². The second-order valence-electron chi connectivity index (χ2n) is 5.66. The van der Waals surface area contributed by atoms with E-state index in [-0.39, 0.29) is 5.54 Å². The number of likely N-dealkylation sites (N-methyl/N-ethyl adjacent to an activating group) is 1. The third-order valence-electron chi connectivity index (χ3n) is 2.39. The Labute approximate surface area is 109 Å². The van der Waals surface area contributed by atoms with Crippen LogP contribution in [-0.2, 0) is 6.54 Å². The summed E-state index contributed by atoms with van der Waals surface area (Å²) in [5.74, 6) is 0. The van der Waals surface area contributed by atoms with Crippen LogP contribution in [0.15, 0.2) is 29.0 Å². The summed E-state index contributed by atoms with van der Waals surface area (Å²) in [6, 6.07) is 2.18. The molecule has 96 valence electrons. The molecule has 0 fully saturated rings. The van der Waals surface area contributed by atoms with Gasteiger partial charge in [0.1, 0.15) is 0 Å². The van der Waals surface area contributed by atoms with Crippen molar-refractivity contribution in [3.05, 3.63) is 34.5 Å². The van der Waals surface area contributed by atoms with Crippen molar-refractivity contribution in [1.82, 2.24) is 10.2 Å². The van der Waals surface area contributed by atoms with E-state index in [4.69, 9.17) is 0 Å². The maximum Gasteiger partial charge on any atom is 0.0242 e. The first-order valence-corrected chi connectivity index (χ1v) is 6.92. The van der Waals surface area contributed by atoms with Gasteiger partial charge in [0.05, 0.1) is 0 Å². The second-order valence-corrected chi connectivity index (χ2v) is 6.44. The summed E-state index contributed by atoms with van der Waals surface area (Å²) in [4.78, 5) is 2.30. The molecule has 3 heteroatoms. The zero-order valence-corrected chi connectivity index (χ0v) is 12.2. The molecule has 0 spiro atoms. The molecule has 0 amide bonds. The molecule has 1 aromatic rings. The van der Waals surface area contributed by atoms with Gasteiger partial charge in [-0.3, -0.25) is 4.90 Å². The van der Waals surface area contributed by atoms with E-state index in [9.17, 15) is 0 Å². The molecule has 1 rings (SSSR count). The lowest BCUT2D eigenvalue weighted by Crippen LogP contribution is -2.38. The summed E-state index contributed by atoms with van der Waals surface area (Å²) in [5.41, 5.74) is 2.78. The molecule has 0 aromatic carbocycles. The molecule has 0 bridgehead atoms. The van der Waals surface area contributed by atoms with E-state index < -0.39 is 0 Å². The van der Waals surface area contributed by atoms with Crippen molar-refractivity contribution in [3.8, 4) is 0 Å². The van der Waals surface area contributed by atoms with Crippen LogP contribution >= 0.6 is 11.3 Å². The van der Waals surface area contributed by atoms with Crippen molar-refractivity contribution in [2.75, 3.05) is 20.1 Å². The Bertz CT molecular complexity index is 336. The first kappa shape index (κ1) is 14.4. The smallest absolute Gasteiger partial charge is 0.0242 e. The van der Waals surface area contributed by atoms with Crippen molar-refractivity contribution in [2.24, 2.45) is 0 Å². The lowest BCUT2D eigenvalue weighted by atomic mass is 10.1. The Kier molecular flexibility index (Phi) is 5.37. The van der Waals surface area contributed by atoms with Crippen LogP contribution in [0.25, 0.3) is 0 Å². The first-order chi connectivity index (χ1) is 7.87. The fourth-order valence-corrected chi connectivity index (χ4v) is 2.24. The molecular weight excluding hydrogens is 228 g/mol. The number of nitrogens with one attached hydrogen (secondary N) is 1. The summed E-state index contributed by atoms with van der Waals surface area (Å²) in [6.07, 6.45) is 0. The third kappa shape index (κ3) is 6.61. The summed E-state index contributed by atoms with van der Waals surface area (Å²) in [7, 11) is 2.14. The van der Waals surface area contributed by atoms with Crippen LogP contribution in [0.1, 0.15) is 26.3 Å². The van der Waals surface area contributed by atoms with Gasteiger partial charge in [-0.15, -0.1) is 0 Å². The molecule has 0 radical (unpaired) electrons. The monoisotopic (exact) mass is 252 g/mol. The minimum absolute atomic E-state index is 0.162. The highest BCUT2D eigenvalue weighted by atomic mass is 32.1. The van der Waals surface area contributed by atoms with Crippen LogP contribution in [0.4, 0.5) is 0 Å². The van der Waals surface area contributed by atoms with E-state index in [1.807, 2.05) is 0 Å². The summed E-state index contributed by atoms with van der Waals surface area (Å²) in [5, 5.41) is 7.79. The number of hydrogen-bond donors (Lipinski definition) is 1. The van der Waals surface area contributed by atoms with Crippen LogP contribution in [0.3, 0.4) is 0 Å². The van der Waals surface area contributed by atoms with E-state index in [2.05, 4.69) is 61.4 Å². The van der Waals surface area contributed by atoms with Gasteiger partial charge in [0.15, 0.2) is 0 Å². The molecule has 17 heavy (non-hydrogen) atoms. The number of thiophene rings is 1. The Morgan fingerprint density at radius 2 is 2.18 bits per heavy atom. The Balaban J connectivity index is 2.26. The maximum atomic E-state index is 4.13. The molecule has 1 heterocycles. The fraction of sp³-hybridized carbons (Fsp3) is 0.571. The summed E-state index contributed by atoms with van der Waals surface area (Å²) < 4.78 is 0. The minimum Gasteiger partial charge on any atom is -0.308 e. The molecule has 0 atom stereocenters. The predicted octanol–water partition coefficient (Wildman–Crippen LogP) is 3.12. The molecule has 2 nitrogen and oxygen atoms in total. The highest BCUT2D eigenvalue weighted by Gasteiger charge is 2.09. The van der Waals surface area contributed by atoms with Crippen molar-refractivity contribution in [3.63, 3.8) is 0 Å². The molecule has 1 N–H and O–H groups in total. The highest BCUT2D eigenvalue weighted by molar-refractivity contribution is 7.07. The van der Waals surface area contributed by atoms with E-state index in [1.54, 1.807) is 11.3 Å². The van der Waals surface area contributed by atoms with E-state index >= 15 is 0 Å². The standard InChI is InChI=1S/C14H24N2S/c1-12(8-15-14(2,3)4)9-16(5)10-13-6-7-17-11-13/h6-7,11,15H,1,8-10H2,2-5H3. The minimum atomic E-state index is 0.162. The van der Waals surface area contributed by atoms with Gasteiger partial charge in [0.25, 0.3) is 0 Å². The lowest BCUT2D eigenvalue weighted by molar-refractivity contribution is 0.346.